The maximum atomic E-state index is 12.1. The molecular weight excluding hydrogens is 292 g/mol. The summed E-state index contributed by atoms with van der Waals surface area (Å²) in [4.78, 5) is 25.0. The summed E-state index contributed by atoms with van der Waals surface area (Å²) < 4.78 is 0. The third-order valence-corrected chi connectivity index (χ3v) is 3.93. The van der Waals surface area contributed by atoms with E-state index in [9.17, 15) is 9.59 Å². The second kappa shape index (κ2) is 6.91. The molecule has 1 aliphatic rings. The number of aliphatic carboxylic acids is 1. The Hall–Kier alpha value is -1.59. The van der Waals surface area contributed by atoms with Crippen molar-refractivity contribution < 1.29 is 14.7 Å². The molecule has 5 nitrogen and oxygen atoms in total. The van der Waals surface area contributed by atoms with Gasteiger partial charge in [-0.05, 0) is 44.0 Å². The predicted molar refractivity (Wildman–Crippen MR) is 81.6 cm³/mol. The van der Waals surface area contributed by atoms with E-state index < -0.39 is 5.97 Å². The van der Waals surface area contributed by atoms with Gasteiger partial charge in [0.05, 0.1) is 12.5 Å². The number of hydrogen-bond donors (Lipinski definition) is 2. The van der Waals surface area contributed by atoms with Crippen molar-refractivity contribution in [1.29, 1.82) is 0 Å². The van der Waals surface area contributed by atoms with Gasteiger partial charge >= 0.3 is 5.97 Å². The van der Waals surface area contributed by atoms with Crippen molar-refractivity contribution in [2.45, 2.75) is 19.8 Å². The standard InChI is InChI=1S/C15H19ClN2O3/c1-10-4-5-12(16)7-13(10)17-14(19)9-18-6-2-3-11(8-18)15(20)21/h4-5,7,11H,2-3,6,8-9H2,1H3,(H,17,19)(H,20,21). The van der Waals surface area contributed by atoms with E-state index >= 15 is 0 Å². The molecule has 1 aromatic carbocycles. The number of aryl methyl sites for hydroxylation is 1. The maximum Gasteiger partial charge on any atom is 0.307 e. The van der Waals surface area contributed by atoms with Crippen LogP contribution >= 0.6 is 11.6 Å². The Morgan fingerprint density at radius 1 is 1.48 bits per heavy atom. The minimum absolute atomic E-state index is 0.147. The quantitative estimate of drug-likeness (QED) is 0.896. The van der Waals surface area contributed by atoms with Crippen molar-refractivity contribution >= 4 is 29.2 Å². The van der Waals surface area contributed by atoms with Crippen molar-refractivity contribution in [1.82, 2.24) is 4.90 Å². The van der Waals surface area contributed by atoms with Crippen molar-refractivity contribution in [2.75, 3.05) is 25.0 Å². The molecular formula is C15H19ClN2O3. The Kier molecular flexibility index (Phi) is 5.20. The normalized spacial score (nSPS) is 19.2. The second-order valence-electron chi connectivity index (χ2n) is 5.42. The van der Waals surface area contributed by atoms with Gasteiger partial charge in [0.1, 0.15) is 0 Å². The molecule has 0 radical (unpaired) electrons. The van der Waals surface area contributed by atoms with E-state index in [1.165, 1.54) is 0 Å². The number of carbonyl (C=O) groups excluding carboxylic acids is 1. The molecule has 6 heteroatoms. The molecule has 1 aromatic rings. The van der Waals surface area contributed by atoms with Crippen LogP contribution in [0.3, 0.4) is 0 Å². The summed E-state index contributed by atoms with van der Waals surface area (Å²) in [5.41, 5.74) is 1.63. The molecule has 1 fully saturated rings. The van der Waals surface area contributed by atoms with Crippen LogP contribution in [0.4, 0.5) is 5.69 Å². The van der Waals surface area contributed by atoms with Gasteiger partial charge in [-0.3, -0.25) is 14.5 Å². The molecule has 0 spiro atoms. The average Bonchev–Trinajstić information content (AvgIpc) is 2.43. The highest BCUT2D eigenvalue weighted by molar-refractivity contribution is 6.31. The highest BCUT2D eigenvalue weighted by Crippen LogP contribution is 2.21. The first-order chi connectivity index (χ1) is 9.95. The number of nitrogens with zero attached hydrogens (tertiary/aromatic N) is 1. The largest absolute Gasteiger partial charge is 0.481 e. The molecule has 1 saturated heterocycles. The van der Waals surface area contributed by atoms with Gasteiger partial charge in [-0.15, -0.1) is 0 Å². The first kappa shape index (κ1) is 15.8. The van der Waals surface area contributed by atoms with Crippen molar-refractivity contribution in [3.8, 4) is 0 Å². The Morgan fingerprint density at radius 3 is 2.95 bits per heavy atom. The topological polar surface area (TPSA) is 69.6 Å². The van der Waals surface area contributed by atoms with Crippen LogP contribution in [0, 0.1) is 12.8 Å². The van der Waals surface area contributed by atoms with Crippen molar-refractivity contribution in [2.24, 2.45) is 5.92 Å². The zero-order valence-corrected chi connectivity index (χ0v) is 12.7. The van der Waals surface area contributed by atoms with Crippen LogP contribution in [0.25, 0.3) is 0 Å². The van der Waals surface area contributed by atoms with Crippen LogP contribution in [0.15, 0.2) is 18.2 Å². The SMILES string of the molecule is Cc1ccc(Cl)cc1NC(=O)CN1CCCC(C(=O)O)C1. The van der Waals surface area contributed by atoms with Gasteiger partial charge in [-0.25, -0.2) is 0 Å². The molecule has 1 unspecified atom stereocenters. The third-order valence-electron chi connectivity index (χ3n) is 3.70. The minimum atomic E-state index is -0.786. The number of carboxylic acids is 1. The Balaban J connectivity index is 1.92. The lowest BCUT2D eigenvalue weighted by atomic mass is 9.98. The first-order valence-corrected chi connectivity index (χ1v) is 7.34. The summed E-state index contributed by atoms with van der Waals surface area (Å²) in [7, 11) is 0. The van der Waals surface area contributed by atoms with E-state index in [4.69, 9.17) is 16.7 Å². The Bertz CT molecular complexity index is 548. The molecule has 2 rings (SSSR count). The summed E-state index contributed by atoms with van der Waals surface area (Å²) in [5.74, 6) is -1.31. The fourth-order valence-corrected chi connectivity index (χ4v) is 2.69. The van der Waals surface area contributed by atoms with Crippen LogP contribution in [-0.2, 0) is 9.59 Å². The molecule has 0 aromatic heterocycles. The van der Waals surface area contributed by atoms with Crippen molar-refractivity contribution in [3.63, 3.8) is 0 Å². The average molecular weight is 311 g/mol. The summed E-state index contributed by atoms with van der Waals surface area (Å²) in [6.07, 6.45) is 1.49. The second-order valence-corrected chi connectivity index (χ2v) is 5.86. The molecule has 1 amide bonds. The van der Waals surface area contributed by atoms with E-state index in [2.05, 4.69) is 5.32 Å². The molecule has 2 N–H and O–H groups in total. The molecule has 1 heterocycles. The van der Waals surface area contributed by atoms with Gasteiger partial charge in [0, 0.05) is 17.3 Å². The van der Waals surface area contributed by atoms with Gasteiger partial charge < -0.3 is 10.4 Å². The van der Waals surface area contributed by atoms with E-state index in [1.54, 1.807) is 12.1 Å². The Morgan fingerprint density at radius 2 is 2.24 bits per heavy atom. The monoisotopic (exact) mass is 310 g/mol. The van der Waals surface area contributed by atoms with Gasteiger partial charge in [0.15, 0.2) is 0 Å². The third kappa shape index (κ3) is 4.44. The van der Waals surface area contributed by atoms with Crippen LogP contribution < -0.4 is 5.32 Å². The number of anilines is 1. The summed E-state index contributed by atoms with van der Waals surface area (Å²) in [5, 5.41) is 12.4. The molecule has 114 valence electrons. The lowest BCUT2D eigenvalue weighted by Gasteiger charge is -2.30. The number of carbonyl (C=O) groups is 2. The van der Waals surface area contributed by atoms with E-state index in [1.807, 2.05) is 17.9 Å². The first-order valence-electron chi connectivity index (χ1n) is 6.97. The summed E-state index contributed by atoms with van der Waals surface area (Å²) >= 11 is 5.92. The number of piperidine rings is 1. The number of hydrogen-bond acceptors (Lipinski definition) is 3. The van der Waals surface area contributed by atoms with E-state index in [-0.39, 0.29) is 18.4 Å². The predicted octanol–water partition coefficient (Wildman–Crippen LogP) is 2.38. The maximum absolute atomic E-state index is 12.1. The number of benzene rings is 1. The zero-order valence-electron chi connectivity index (χ0n) is 11.9. The highest BCUT2D eigenvalue weighted by Gasteiger charge is 2.26. The molecule has 0 aliphatic carbocycles. The van der Waals surface area contributed by atoms with Gasteiger partial charge in [-0.1, -0.05) is 17.7 Å². The van der Waals surface area contributed by atoms with Crippen LogP contribution in [0.2, 0.25) is 5.02 Å². The number of likely N-dealkylation sites (tertiary alicyclic amines) is 1. The molecule has 0 saturated carbocycles. The molecule has 1 aliphatic heterocycles. The van der Waals surface area contributed by atoms with Crippen LogP contribution in [0.5, 0.6) is 0 Å². The van der Waals surface area contributed by atoms with Gasteiger partial charge in [0.25, 0.3) is 0 Å². The fraction of sp³-hybridized carbons (Fsp3) is 0.467. The number of rotatable bonds is 4. The molecule has 1 atom stereocenters. The van der Waals surface area contributed by atoms with Gasteiger partial charge in [-0.2, -0.15) is 0 Å². The van der Waals surface area contributed by atoms with Crippen LogP contribution in [-0.4, -0.2) is 41.5 Å². The number of halogens is 1. The lowest BCUT2D eigenvalue weighted by molar-refractivity contribution is -0.144. The summed E-state index contributed by atoms with van der Waals surface area (Å²) in [6, 6.07) is 5.33. The molecule has 0 bridgehead atoms. The number of amides is 1. The van der Waals surface area contributed by atoms with E-state index in [0.717, 1.165) is 18.5 Å². The van der Waals surface area contributed by atoms with Crippen molar-refractivity contribution in [3.05, 3.63) is 28.8 Å². The number of carboxylic acid groups (broad SMARTS) is 1. The van der Waals surface area contributed by atoms with Gasteiger partial charge in [0.2, 0.25) is 5.91 Å². The smallest absolute Gasteiger partial charge is 0.307 e. The lowest BCUT2D eigenvalue weighted by Crippen LogP contribution is -2.42. The number of nitrogens with one attached hydrogen (secondary N) is 1. The molecule has 21 heavy (non-hydrogen) atoms. The van der Waals surface area contributed by atoms with Crippen LogP contribution in [0.1, 0.15) is 18.4 Å². The highest BCUT2D eigenvalue weighted by atomic mass is 35.5. The minimum Gasteiger partial charge on any atom is -0.481 e. The summed E-state index contributed by atoms with van der Waals surface area (Å²) in [6.45, 7) is 3.28. The Labute approximate surface area is 128 Å². The van der Waals surface area contributed by atoms with E-state index in [0.29, 0.717) is 23.7 Å². The fourth-order valence-electron chi connectivity index (χ4n) is 2.52. The zero-order chi connectivity index (χ0) is 15.4.